The zero-order valence-corrected chi connectivity index (χ0v) is 11.7. The molecular formula is C16H14FN3O2. The smallest absolute Gasteiger partial charge is 0.244 e. The minimum atomic E-state index is -0.306. The minimum Gasteiger partial charge on any atom is -0.465 e. The maximum Gasteiger partial charge on any atom is 0.244 e. The Kier molecular flexibility index (Phi) is 4.00. The lowest BCUT2D eigenvalue weighted by molar-refractivity contribution is -0.116. The van der Waals surface area contributed by atoms with Crippen molar-refractivity contribution in [1.29, 1.82) is 0 Å². The van der Waals surface area contributed by atoms with Gasteiger partial charge in [0.1, 0.15) is 17.4 Å². The first-order valence-electron chi connectivity index (χ1n) is 6.84. The van der Waals surface area contributed by atoms with Crippen LogP contribution in [0.4, 0.5) is 4.39 Å². The monoisotopic (exact) mass is 299 g/mol. The van der Waals surface area contributed by atoms with Gasteiger partial charge in [-0.05, 0) is 36.4 Å². The molecule has 0 aliphatic rings. The van der Waals surface area contributed by atoms with Gasteiger partial charge in [0.15, 0.2) is 0 Å². The molecule has 3 rings (SSSR count). The molecule has 112 valence electrons. The summed E-state index contributed by atoms with van der Waals surface area (Å²) in [6.07, 6.45) is 5.09. The number of furan rings is 1. The van der Waals surface area contributed by atoms with Crippen molar-refractivity contribution >= 4 is 23.0 Å². The summed E-state index contributed by atoms with van der Waals surface area (Å²) in [5, 5.41) is 2.75. The Morgan fingerprint density at radius 1 is 1.41 bits per heavy atom. The third kappa shape index (κ3) is 3.41. The summed E-state index contributed by atoms with van der Waals surface area (Å²) in [5.74, 6) is 0.808. The van der Waals surface area contributed by atoms with E-state index in [1.165, 1.54) is 18.2 Å². The van der Waals surface area contributed by atoms with Crippen LogP contribution in [-0.4, -0.2) is 22.4 Å². The zero-order chi connectivity index (χ0) is 15.4. The predicted octanol–water partition coefficient (Wildman–Crippen LogP) is 2.67. The molecule has 0 aliphatic heterocycles. The highest BCUT2D eigenvalue weighted by Crippen LogP contribution is 2.12. The second kappa shape index (κ2) is 6.26. The fourth-order valence-electron chi connectivity index (χ4n) is 2.06. The zero-order valence-electron chi connectivity index (χ0n) is 11.7. The maximum absolute atomic E-state index is 13.1. The van der Waals surface area contributed by atoms with Crippen LogP contribution in [-0.2, 0) is 11.2 Å². The molecule has 0 atom stereocenters. The molecule has 1 aromatic carbocycles. The lowest BCUT2D eigenvalue weighted by Crippen LogP contribution is -2.23. The fraction of sp³-hybridized carbons (Fsp3) is 0.125. The molecule has 2 N–H and O–H groups in total. The lowest BCUT2D eigenvalue weighted by atomic mass is 10.3. The molecule has 3 aromatic rings. The molecule has 5 nitrogen and oxygen atoms in total. The Hall–Kier alpha value is -2.89. The maximum atomic E-state index is 13.1. The van der Waals surface area contributed by atoms with Crippen molar-refractivity contribution < 1.29 is 13.6 Å². The Morgan fingerprint density at radius 3 is 3.14 bits per heavy atom. The first kappa shape index (κ1) is 14.1. The molecule has 0 radical (unpaired) electrons. The Bertz CT molecular complexity index is 806. The molecule has 1 amide bonds. The number of fused-ring (bicyclic) bond motifs is 1. The van der Waals surface area contributed by atoms with E-state index in [9.17, 15) is 9.18 Å². The van der Waals surface area contributed by atoms with Crippen molar-refractivity contribution in [3.63, 3.8) is 0 Å². The van der Waals surface area contributed by atoms with Crippen LogP contribution < -0.4 is 5.32 Å². The van der Waals surface area contributed by atoms with Crippen LogP contribution in [0, 0.1) is 5.82 Å². The van der Waals surface area contributed by atoms with Gasteiger partial charge in [0.2, 0.25) is 5.91 Å². The lowest BCUT2D eigenvalue weighted by Gasteiger charge is -1.99. The van der Waals surface area contributed by atoms with Gasteiger partial charge in [-0.25, -0.2) is 9.37 Å². The average molecular weight is 299 g/mol. The first-order chi connectivity index (χ1) is 10.7. The molecule has 0 bridgehead atoms. The van der Waals surface area contributed by atoms with E-state index in [0.717, 1.165) is 0 Å². The summed E-state index contributed by atoms with van der Waals surface area (Å²) in [7, 11) is 0. The number of halogens is 1. The van der Waals surface area contributed by atoms with Gasteiger partial charge in [0.25, 0.3) is 0 Å². The van der Waals surface area contributed by atoms with Crippen LogP contribution in [0.5, 0.6) is 0 Å². The molecule has 0 saturated carbocycles. The van der Waals surface area contributed by atoms with Gasteiger partial charge in [-0.1, -0.05) is 0 Å². The van der Waals surface area contributed by atoms with Crippen molar-refractivity contribution in [3.8, 4) is 0 Å². The number of carbonyl (C=O) groups excluding carboxylic acids is 1. The van der Waals surface area contributed by atoms with Crippen molar-refractivity contribution in [3.05, 3.63) is 60.1 Å². The Morgan fingerprint density at radius 2 is 2.32 bits per heavy atom. The standard InChI is InChI=1S/C16H14FN3O2/c17-11-3-5-13-14(10-11)20-15(19-13)7-8-18-16(21)6-4-12-2-1-9-22-12/h1-6,9-10H,7-8H2,(H,18,21)(H,19,20)/b6-4+. The summed E-state index contributed by atoms with van der Waals surface area (Å²) in [6.45, 7) is 0.434. The number of hydrogen-bond acceptors (Lipinski definition) is 3. The van der Waals surface area contributed by atoms with Crippen LogP contribution in [0.15, 0.2) is 47.1 Å². The molecule has 0 aliphatic carbocycles. The minimum absolute atomic E-state index is 0.210. The van der Waals surface area contributed by atoms with Crippen molar-refractivity contribution in [2.45, 2.75) is 6.42 Å². The highest BCUT2D eigenvalue weighted by molar-refractivity contribution is 5.91. The van der Waals surface area contributed by atoms with Crippen molar-refractivity contribution in [1.82, 2.24) is 15.3 Å². The number of rotatable bonds is 5. The fourth-order valence-corrected chi connectivity index (χ4v) is 2.06. The highest BCUT2D eigenvalue weighted by atomic mass is 19.1. The van der Waals surface area contributed by atoms with Gasteiger partial charge in [0.05, 0.1) is 17.3 Å². The van der Waals surface area contributed by atoms with E-state index in [0.29, 0.717) is 35.6 Å². The van der Waals surface area contributed by atoms with Crippen LogP contribution in [0.3, 0.4) is 0 Å². The molecule has 0 unspecified atom stereocenters. The van der Waals surface area contributed by atoms with Gasteiger partial charge in [-0.15, -0.1) is 0 Å². The van der Waals surface area contributed by atoms with Crippen LogP contribution >= 0.6 is 0 Å². The number of nitrogens with one attached hydrogen (secondary N) is 2. The second-order valence-corrected chi connectivity index (χ2v) is 4.73. The number of aromatic nitrogens is 2. The summed E-state index contributed by atoms with van der Waals surface area (Å²) in [5.41, 5.74) is 1.36. The molecule has 2 heterocycles. The highest BCUT2D eigenvalue weighted by Gasteiger charge is 2.04. The molecule has 22 heavy (non-hydrogen) atoms. The van der Waals surface area contributed by atoms with Crippen molar-refractivity contribution in [2.75, 3.05) is 6.54 Å². The number of imidazole rings is 1. The largest absolute Gasteiger partial charge is 0.465 e. The molecule has 0 spiro atoms. The van der Waals surface area contributed by atoms with Gasteiger partial charge >= 0.3 is 0 Å². The molecule has 6 heteroatoms. The topological polar surface area (TPSA) is 70.9 Å². The van der Waals surface area contributed by atoms with Gasteiger partial charge < -0.3 is 14.7 Å². The summed E-state index contributed by atoms with van der Waals surface area (Å²) in [6, 6.07) is 7.90. The Balaban J connectivity index is 1.52. The first-order valence-corrected chi connectivity index (χ1v) is 6.84. The van der Waals surface area contributed by atoms with Crippen LogP contribution in [0.2, 0.25) is 0 Å². The predicted molar refractivity (Wildman–Crippen MR) is 80.5 cm³/mol. The molecule has 2 aromatic heterocycles. The number of hydrogen-bond donors (Lipinski definition) is 2. The Labute approximate surface area is 125 Å². The van der Waals surface area contributed by atoms with Gasteiger partial charge in [-0.2, -0.15) is 0 Å². The van der Waals surface area contributed by atoms with E-state index in [1.54, 1.807) is 30.5 Å². The third-order valence-corrected chi connectivity index (χ3v) is 3.10. The summed E-state index contributed by atoms with van der Waals surface area (Å²) < 4.78 is 18.2. The molecule has 0 fully saturated rings. The third-order valence-electron chi connectivity index (χ3n) is 3.10. The van der Waals surface area contributed by atoms with Crippen molar-refractivity contribution in [2.24, 2.45) is 0 Å². The number of amides is 1. The molecular weight excluding hydrogens is 285 g/mol. The number of H-pyrrole nitrogens is 1. The number of carbonyl (C=O) groups is 1. The van der Waals surface area contributed by atoms with Crippen LogP contribution in [0.25, 0.3) is 17.1 Å². The average Bonchev–Trinajstić information content (AvgIpc) is 3.13. The van der Waals surface area contributed by atoms with E-state index in [-0.39, 0.29) is 11.7 Å². The van der Waals surface area contributed by atoms with E-state index in [4.69, 9.17) is 4.42 Å². The second-order valence-electron chi connectivity index (χ2n) is 4.73. The summed E-state index contributed by atoms with van der Waals surface area (Å²) >= 11 is 0. The SMILES string of the molecule is O=C(/C=C/c1ccco1)NCCc1nc2ccc(F)cc2[nH]1. The normalized spacial score (nSPS) is 11.3. The van der Waals surface area contributed by atoms with Crippen LogP contribution in [0.1, 0.15) is 11.6 Å². The van der Waals surface area contributed by atoms with E-state index in [2.05, 4.69) is 15.3 Å². The van der Waals surface area contributed by atoms with E-state index in [1.807, 2.05) is 0 Å². The molecule has 0 saturated heterocycles. The quantitative estimate of drug-likeness (QED) is 0.712. The van der Waals surface area contributed by atoms with Gasteiger partial charge in [0, 0.05) is 19.0 Å². The summed E-state index contributed by atoms with van der Waals surface area (Å²) in [4.78, 5) is 19.0. The van der Waals surface area contributed by atoms with E-state index < -0.39 is 0 Å². The van der Waals surface area contributed by atoms with E-state index >= 15 is 0 Å². The van der Waals surface area contributed by atoms with Gasteiger partial charge in [-0.3, -0.25) is 4.79 Å². The number of benzene rings is 1. The number of aromatic amines is 1. The number of nitrogens with zero attached hydrogens (tertiary/aromatic N) is 1.